The summed E-state index contributed by atoms with van der Waals surface area (Å²) in [5.74, 6) is 0.865. The van der Waals surface area contributed by atoms with Gasteiger partial charge in [-0.05, 0) is 43.2 Å². The van der Waals surface area contributed by atoms with Crippen molar-refractivity contribution in [2.24, 2.45) is 4.99 Å². The van der Waals surface area contributed by atoms with E-state index in [1.807, 2.05) is 19.9 Å². The van der Waals surface area contributed by atoms with Crippen LogP contribution in [0, 0.1) is 0 Å². The topological polar surface area (TPSA) is 84.0 Å². The van der Waals surface area contributed by atoms with E-state index in [0.717, 1.165) is 12.0 Å². The van der Waals surface area contributed by atoms with Gasteiger partial charge in [0.25, 0.3) is 5.91 Å². The zero-order chi connectivity index (χ0) is 23.3. The number of hydrogen-bond acceptors (Lipinski definition) is 4. The first kappa shape index (κ1) is 28.4. The second-order valence-corrected chi connectivity index (χ2v) is 6.82. The quantitative estimate of drug-likeness (QED) is 0.211. The lowest BCUT2D eigenvalue weighted by atomic mass is 10.1. The van der Waals surface area contributed by atoms with Gasteiger partial charge in [0.2, 0.25) is 0 Å². The van der Waals surface area contributed by atoms with Crippen LogP contribution in [0.5, 0.6) is 11.5 Å². The summed E-state index contributed by atoms with van der Waals surface area (Å²) in [5.41, 5.74) is 1.96. The van der Waals surface area contributed by atoms with E-state index in [1.165, 1.54) is 6.07 Å². The summed E-state index contributed by atoms with van der Waals surface area (Å²) in [7, 11) is 1.58. The largest absolute Gasteiger partial charge is 0.493 e. The highest BCUT2D eigenvalue weighted by atomic mass is 127. The van der Waals surface area contributed by atoms with E-state index in [4.69, 9.17) is 4.74 Å². The van der Waals surface area contributed by atoms with E-state index < -0.39 is 6.61 Å². The van der Waals surface area contributed by atoms with E-state index in [9.17, 15) is 13.6 Å². The molecule has 0 aliphatic heterocycles. The molecule has 10 heteroatoms. The second kappa shape index (κ2) is 15.3. The summed E-state index contributed by atoms with van der Waals surface area (Å²) in [6.07, 6.45) is 0.808. The van der Waals surface area contributed by atoms with Crippen molar-refractivity contribution in [3.63, 3.8) is 0 Å². The van der Waals surface area contributed by atoms with Gasteiger partial charge in [0.15, 0.2) is 5.96 Å². The molecule has 2 aromatic carbocycles. The number of carbonyl (C=O) groups is 1. The molecule has 0 atom stereocenters. The lowest BCUT2D eigenvalue weighted by Gasteiger charge is -2.16. The molecule has 182 valence electrons. The zero-order valence-electron chi connectivity index (χ0n) is 19.0. The Hall–Kier alpha value is -2.63. The van der Waals surface area contributed by atoms with Gasteiger partial charge < -0.3 is 25.4 Å². The van der Waals surface area contributed by atoms with Crippen LogP contribution in [-0.2, 0) is 13.1 Å². The third-order valence-corrected chi connectivity index (χ3v) is 4.35. The Morgan fingerprint density at radius 2 is 1.91 bits per heavy atom. The minimum absolute atomic E-state index is 0. The molecule has 0 aliphatic rings. The third-order valence-electron chi connectivity index (χ3n) is 4.35. The van der Waals surface area contributed by atoms with Crippen molar-refractivity contribution in [1.82, 2.24) is 16.0 Å². The number of rotatable bonds is 11. The summed E-state index contributed by atoms with van der Waals surface area (Å²) in [6, 6.07) is 12.1. The van der Waals surface area contributed by atoms with E-state index in [0.29, 0.717) is 42.5 Å². The number of alkyl halides is 2. The Labute approximate surface area is 210 Å². The molecule has 0 saturated carbocycles. The van der Waals surface area contributed by atoms with Gasteiger partial charge in [-0.1, -0.05) is 19.1 Å². The molecule has 0 aromatic heterocycles. The first-order valence-electron chi connectivity index (χ1n) is 10.5. The third kappa shape index (κ3) is 9.80. The average Bonchev–Trinajstić information content (AvgIpc) is 2.79. The lowest BCUT2D eigenvalue weighted by Crippen LogP contribution is -2.36. The molecule has 7 nitrogen and oxygen atoms in total. The molecule has 2 rings (SSSR count). The Bertz CT molecular complexity index is 913. The summed E-state index contributed by atoms with van der Waals surface area (Å²) in [6.45, 7) is 2.62. The van der Waals surface area contributed by atoms with Gasteiger partial charge in [-0.25, -0.2) is 4.99 Å². The van der Waals surface area contributed by atoms with E-state index in [-0.39, 0.29) is 42.2 Å². The van der Waals surface area contributed by atoms with E-state index >= 15 is 0 Å². The lowest BCUT2D eigenvalue weighted by molar-refractivity contribution is -0.0505. The van der Waals surface area contributed by atoms with Crippen LogP contribution >= 0.6 is 24.0 Å². The fraction of sp³-hybridized carbons (Fsp3) is 0.391. The highest BCUT2D eigenvalue weighted by Crippen LogP contribution is 2.26. The standard InChI is InChI=1S/C23H30F2N4O3.HI/c1-4-11-31-19-10-9-18(20(13-19)32-22(24)25)15-29-23(27-5-2)28-14-16-7-6-8-17(12-16)21(30)26-3;/h6-10,12-13,22H,4-5,11,14-15H2,1-3H3,(H,26,30)(H2,27,28,29);1H. The molecule has 0 radical (unpaired) electrons. The van der Waals surface area contributed by atoms with Gasteiger partial charge in [-0.15, -0.1) is 24.0 Å². The Kier molecular flexibility index (Phi) is 13.1. The van der Waals surface area contributed by atoms with Gasteiger partial charge in [0.1, 0.15) is 11.5 Å². The van der Waals surface area contributed by atoms with Gasteiger partial charge in [0, 0.05) is 37.3 Å². The summed E-state index contributed by atoms with van der Waals surface area (Å²) in [4.78, 5) is 16.3. The highest BCUT2D eigenvalue weighted by molar-refractivity contribution is 14.0. The van der Waals surface area contributed by atoms with Crippen molar-refractivity contribution < 1.29 is 23.0 Å². The summed E-state index contributed by atoms with van der Waals surface area (Å²) >= 11 is 0. The number of guanidine groups is 1. The highest BCUT2D eigenvalue weighted by Gasteiger charge is 2.12. The van der Waals surface area contributed by atoms with Crippen LogP contribution in [0.15, 0.2) is 47.5 Å². The smallest absolute Gasteiger partial charge is 0.387 e. The fourth-order valence-electron chi connectivity index (χ4n) is 2.84. The minimum atomic E-state index is -2.94. The Balaban J connectivity index is 0.00000544. The van der Waals surface area contributed by atoms with Crippen LogP contribution in [0.3, 0.4) is 0 Å². The zero-order valence-corrected chi connectivity index (χ0v) is 21.3. The molecular formula is C23H31F2IN4O3. The van der Waals surface area contributed by atoms with Crippen LogP contribution in [-0.4, -0.2) is 38.7 Å². The van der Waals surface area contributed by atoms with E-state index in [1.54, 1.807) is 37.4 Å². The molecule has 0 heterocycles. The molecule has 0 spiro atoms. The van der Waals surface area contributed by atoms with Crippen LogP contribution in [0.25, 0.3) is 0 Å². The van der Waals surface area contributed by atoms with Gasteiger partial charge in [-0.2, -0.15) is 8.78 Å². The maximum Gasteiger partial charge on any atom is 0.387 e. The molecule has 0 unspecified atom stereocenters. The van der Waals surface area contributed by atoms with Gasteiger partial charge in [0.05, 0.1) is 13.2 Å². The maximum absolute atomic E-state index is 12.9. The monoisotopic (exact) mass is 576 g/mol. The van der Waals surface area contributed by atoms with Crippen LogP contribution < -0.4 is 25.4 Å². The molecule has 2 aromatic rings. The Morgan fingerprint density at radius 1 is 1.12 bits per heavy atom. The molecule has 0 saturated heterocycles. The normalized spacial score (nSPS) is 10.9. The molecular weight excluding hydrogens is 545 g/mol. The predicted octanol–water partition coefficient (Wildman–Crippen LogP) is 4.31. The fourth-order valence-corrected chi connectivity index (χ4v) is 2.84. The summed E-state index contributed by atoms with van der Waals surface area (Å²) in [5, 5.41) is 8.84. The van der Waals surface area contributed by atoms with Crippen LogP contribution in [0.1, 0.15) is 41.8 Å². The van der Waals surface area contributed by atoms with Crippen molar-refractivity contribution in [3.8, 4) is 11.5 Å². The summed E-state index contributed by atoms with van der Waals surface area (Å²) < 4.78 is 35.9. The number of ether oxygens (including phenoxy) is 2. The molecule has 3 N–H and O–H groups in total. The van der Waals surface area contributed by atoms with Crippen molar-refractivity contribution in [3.05, 3.63) is 59.2 Å². The second-order valence-electron chi connectivity index (χ2n) is 6.82. The minimum Gasteiger partial charge on any atom is -0.493 e. The maximum atomic E-state index is 12.9. The molecule has 0 fully saturated rings. The number of nitrogens with zero attached hydrogens (tertiary/aromatic N) is 1. The van der Waals surface area contributed by atoms with Gasteiger partial charge in [-0.3, -0.25) is 4.79 Å². The first-order valence-corrected chi connectivity index (χ1v) is 10.5. The van der Waals surface area contributed by atoms with Crippen molar-refractivity contribution >= 4 is 35.8 Å². The number of aliphatic imine (C=N–C) groups is 1. The average molecular weight is 576 g/mol. The number of halogens is 3. The van der Waals surface area contributed by atoms with Gasteiger partial charge >= 0.3 is 6.61 Å². The number of nitrogens with one attached hydrogen (secondary N) is 3. The van der Waals surface area contributed by atoms with Crippen LogP contribution in [0.4, 0.5) is 8.78 Å². The van der Waals surface area contributed by atoms with Crippen molar-refractivity contribution in [1.29, 1.82) is 0 Å². The number of amides is 1. The Morgan fingerprint density at radius 3 is 2.58 bits per heavy atom. The number of hydrogen-bond donors (Lipinski definition) is 3. The first-order chi connectivity index (χ1) is 15.5. The number of carbonyl (C=O) groups excluding carboxylic acids is 1. The molecule has 0 aliphatic carbocycles. The molecule has 33 heavy (non-hydrogen) atoms. The number of benzene rings is 2. The predicted molar refractivity (Wildman–Crippen MR) is 136 cm³/mol. The molecule has 0 bridgehead atoms. The van der Waals surface area contributed by atoms with Crippen molar-refractivity contribution in [2.45, 2.75) is 40.0 Å². The van der Waals surface area contributed by atoms with Crippen LogP contribution in [0.2, 0.25) is 0 Å². The molecule has 1 amide bonds. The van der Waals surface area contributed by atoms with Crippen molar-refractivity contribution in [2.75, 3.05) is 20.2 Å². The van der Waals surface area contributed by atoms with E-state index in [2.05, 4.69) is 25.7 Å². The SMILES string of the molecule is CCCOc1ccc(CNC(=NCc2cccc(C(=O)NC)c2)NCC)c(OC(F)F)c1.I.